The first-order valence-electron chi connectivity index (χ1n) is 3.76. The fourth-order valence-corrected chi connectivity index (χ4v) is 1.87. The summed E-state index contributed by atoms with van der Waals surface area (Å²) < 4.78 is 0. The molecule has 0 amide bonds. The van der Waals surface area contributed by atoms with Crippen LogP contribution in [0.2, 0.25) is 0 Å². The van der Waals surface area contributed by atoms with Crippen molar-refractivity contribution in [3.05, 3.63) is 21.9 Å². The van der Waals surface area contributed by atoms with Gasteiger partial charge in [0.05, 0.1) is 6.10 Å². The Morgan fingerprint density at radius 2 is 2.25 bits per heavy atom. The van der Waals surface area contributed by atoms with E-state index in [1.807, 2.05) is 18.4 Å². The van der Waals surface area contributed by atoms with Crippen LogP contribution < -0.4 is 5.73 Å². The lowest BCUT2D eigenvalue weighted by Crippen LogP contribution is -2.26. The summed E-state index contributed by atoms with van der Waals surface area (Å²) >= 11 is 1.44. The zero-order chi connectivity index (χ0) is 9.14. The molecule has 4 N–H and O–H groups in total. The van der Waals surface area contributed by atoms with Crippen molar-refractivity contribution in [2.24, 2.45) is 5.73 Å². The van der Waals surface area contributed by atoms with E-state index in [4.69, 9.17) is 5.73 Å². The van der Waals surface area contributed by atoms with E-state index in [2.05, 4.69) is 0 Å². The first-order chi connectivity index (χ1) is 5.65. The fourth-order valence-electron chi connectivity index (χ4n) is 0.927. The zero-order valence-electron chi connectivity index (χ0n) is 6.90. The number of nitrogens with two attached hydrogens (primary N) is 1. The maximum absolute atomic E-state index is 9.48. The number of thiophene rings is 1. The lowest BCUT2D eigenvalue weighted by Gasteiger charge is -2.13. The highest BCUT2D eigenvalue weighted by atomic mass is 32.1. The zero-order valence-corrected chi connectivity index (χ0v) is 7.71. The maximum atomic E-state index is 9.48. The molecule has 0 aliphatic heterocycles. The highest BCUT2D eigenvalue weighted by Crippen LogP contribution is 2.23. The molecule has 4 heteroatoms. The molecule has 0 saturated carbocycles. The van der Waals surface area contributed by atoms with Crippen LogP contribution in [-0.2, 0) is 0 Å². The van der Waals surface area contributed by atoms with E-state index in [-0.39, 0.29) is 6.54 Å². The molecule has 0 aromatic carbocycles. The van der Waals surface area contributed by atoms with Crippen molar-refractivity contribution < 1.29 is 10.2 Å². The SMILES string of the molecule is Cc1csc(C(O)C(O)CN)c1. The highest BCUT2D eigenvalue weighted by Gasteiger charge is 2.17. The van der Waals surface area contributed by atoms with Crippen molar-refractivity contribution in [1.29, 1.82) is 0 Å². The summed E-state index contributed by atoms with van der Waals surface area (Å²) in [6.07, 6.45) is -1.70. The van der Waals surface area contributed by atoms with Crippen molar-refractivity contribution in [3.63, 3.8) is 0 Å². The highest BCUT2D eigenvalue weighted by molar-refractivity contribution is 7.10. The van der Waals surface area contributed by atoms with E-state index in [0.29, 0.717) is 0 Å². The minimum absolute atomic E-state index is 0.0815. The maximum Gasteiger partial charge on any atom is 0.115 e. The summed E-state index contributed by atoms with van der Waals surface area (Å²) in [5.74, 6) is 0. The molecule has 0 saturated heterocycles. The Bertz CT molecular complexity index is 249. The second-order valence-electron chi connectivity index (χ2n) is 2.77. The van der Waals surface area contributed by atoms with Crippen molar-refractivity contribution in [3.8, 4) is 0 Å². The molecule has 2 unspecified atom stereocenters. The predicted molar refractivity (Wildman–Crippen MR) is 49.1 cm³/mol. The number of rotatable bonds is 3. The van der Waals surface area contributed by atoms with Crippen molar-refractivity contribution in [2.45, 2.75) is 19.1 Å². The van der Waals surface area contributed by atoms with E-state index < -0.39 is 12.2 Å². The Morgan fingerprint density at radius 3 is 2.67 bits per heavy atom. The fraction of sp³-hybridized carbons (Fsp3) is 0.500. The third kappa shape index (κ3) is 2.04. The third-order valence-electron chi connectivity index (χ3n) is 1.65. The van der Waals surface area contributed by atoms with Gasteiger partial charge in [0.1, 0.15) is 6.10 Å². The summed E-state index contributed by atoms with van der Waals surface area (Å²) in [5, 5.41) is 20.6. The predicted octanol–water partition coefficient (Wildman–Crippen LogP) is 0.410. The van der Waals surface area contributed by atoms with Crippen LogP contribution >= 0.6 is 11.3 Å². The van der Waals surface area contributed by atoms with Gasteiger partial charge in [0.15, 0.2) is 0 Å². The lowest BCUT2D eigenvalue weighted by molar-refractivity contribution is 0.0265. The monoisotopic (exact) mass is 187 g/mol. The lowest BCUT2D eigenvalue weighted by atomic mass is 10.1. The minimum Gasteiger partial charge on any atom is -0.389 e. The van der Waals surface area contributed by atoms with Crippen LogP contribution in [-0.4, -0.2) is 22.9 Å². The number of hydrogen-bond acceptors (Lipinski definition) is 4. The second kappa shape index (κ2) is 4.00. The Kier molecular flexibility index (Phi) is 3.22. The molecular formula is C8H13NO2S. The summed E-state index contributed by atoms with van der Waals surface area (Å²) in [4.78, 5) is 0.769. The topological polar surface area (TPSA) is 66.5 Å². The molecule has 3 nitrogen and oxygen atoms in total. The van der Waals surface area contributed by atoms with Gasteiger partial charge in [-0.3, -0.25) is 0 Å². The third-order valence-corrected chi connectivity index (χ3v) is 2.77. The standard InChI is InChI=1S/C8H13NO2S/c1-5-2-7(12-4-5)8(11)6(10)3-9/h2,4,6,8,10-11H,3,9H2,1H3. The molecule has 1 aromatic rings. The average molecular weight is 187 g/mol. The molecule has 1 rings (SSSR count). The van der Waals surface area contributed by atoms with E-state index in [9.17, 15) is 10.2 Å². The van der Waals surface area contributed by atoms with Gasteiger partial charge >= 0.3 is 0 Å². The van der Waals surface area contributed by atoms with E-state index in [1.165, 1.54) is 11.3 Å². The molecule has 1 aromatic heterocycles. The van der Waals surface area contributed by atoms with Crippen molar-refractivity contribution in [1.82, 2.24) is 0 Å². The molecule has 0 fully saturated rings. The van der Waals surface area contributed by atoms with Crippen LogP contribution in [0, 0.1) is 6.92 Å². The van der Waals surface area contributed by atoms with Crippen molar-refractivity contribution >= 4 is 11.3 Å². The Morgan fingerprint density at radius 1 is 1.58 bits per heavy atom. The molecule has 0 aliphatic rings. The van der Waals surface area contributed by atoms with Gasteiger partial charge in [-0.1, -0.05) is 0 Å². The molecule has 68 valence electrons. The molecule has 1 heterocycles. The molecular weight excluding hydrogens is 174 g/mol. The van der Waals surface area contributed by atoms with Gasteiger partial charge < -0.3 is 15.9 Å². The van der Waals surface area contributed by atoms with Gasteiger partial charge in [0.25, 0.3) is 0 Å². The molecule has 0 radical (unpaired) electrons. The van der Waals surface area contributed by atoms with Crippen LogP contribution in [0.1, 0.15) is 16.5 Å². The molecule has 12 heavy (non-hydrogen) atoms. The van der Waals surface area contributed by atoms with Crippen LogP contribution in [0.5, 0.6) is 0 Å². The molecule has 2 atom stereocenters. The van der Waals surface area contributed by atoms with Crippen molar-refractivity contribution in [2.75, 3.05) is 6.54 Å². The van der Waals surface area contributed by atoms with Crippen LogP contribution in [0.15, 0.2) is 11.4 Å². The van der Waals surface area contributed by atoms with Gasteiger partial charge in [0, 0.05) is 11.4 Å². The van der Waals surface area contributed by atoms with Crippen LogP contribution in [0.4, 0.5) is 0 Å². The van der Waals surface area contributed by atoms with Gasteiger partial charge in [0.2, 0.25) is 0 Å². The van der Waals surface area contributed by atoms with E-state index in [0.717, 1.165) is 10.4 Å². The van der Waals surface area contributed by atoms with Crippen LogP contribution in [0.25, 0.3) is 0 Å². The quantitative estimate of drug-likeness (QED) is 0.642. The summed E-state index contributed by atoms with van der Waals surface area (Å²) in [6, 6.07) is 1.86. The van der Waals surface area contributed by atoms with Gasteiger partial charge in [-0.05, 0) is 23.9 Å². The van der Waals surface area contributed by atoms with Gasteiger partial charge in [-0.2, -0.15) is 0 Å². The average Bonchev–Trinajstić information content (AvgIpc) is 2.49. The summed E-state index contributed by atoms with van der Waals surface area (Å²) in [6.45, 7) is 2.03. The summed E-state index contributed by atoms with van der Waals surface area (Å²) in [5.41, 5.74) is 6.31. The number of hydrogen-bond donors (Lipinski definition) is 3. The number of aryl methyl sites for hydroxylation is 1. The van der Waals surface area contributed by atoms with Gasteiger partial charge in [-0.15, -0.1) is 11.3 Å². The van der Waals surface area contributed by atoms with Crippen LogP contribution in [0.3, 0.4) is 0 Å². The second-order valence-corrected chi connectivity index (χ2v) is 3.72. The number of aliphatic hydroxyl groups excluding tert-OH is 2. The molecule has 0 bridgehead atoms. The smallest absolute Gasteiger partial charge is 0.115 e. The number of aliphatic hydroxyl groups is 2. The minimum atomic E-state index is -0.858. The largest absolute Gasteiger partial charge is 0.389 e. The van der Waals surface area contributed by atoms with E-state index in [1.54, 1.807) is 0 Å². The Hall–Kier alpha value is -0.420. The first kappa shape index (κ1) is 9.67. The Labute approximate surface area is 75.5 Å². The molecule has 0 aliphatic carbocycles. The molecule has 0 spiro atoms. The van der Waals surface area contributed by atoms with E-state index >= 15 is 0 Å². The Balaban J connectivity index is 2.70. The summed E-state index contributed by atoms with van der Waals surface area (Å²) in [7, 11) is 0. The normalized spacial score (nSPS) is 16.0. The first-order valence-corrected chi connectivity index (χ1v) is 4.64. The van der Waals surface area contributed by atoms with Gasteiger partial charge in [-0.25, -0.2) is 0 Å².